The van der Waals surface area contributed by atoms with E-state index in [9.17, 15) is 0 Å². The fraction of sp³-hybridized carbons (Fsp3) is 0.800. The lowest BCUT2D eigenvalue weighted by atomic mass is 9.63. The van der Waals surface area contributed by atoms with Gasteiger partial charge >= 0.3 is 0 Å². The number of fused-ring (bicyclic) bond motifs is 1. The van der Waals surface area contributed by atoms with E-state index >= 15 is 0 Å². The van der Waals surface area contributed by atoms with Gasteiger partial charge in [-0.15, -0.1) is 0 Å². The molecule has 0 radical (unpaired) electrons. The molecule has 3 rings (SSSR count). The van der Waals surface area contributed by atoms with Gasteiger partial charge < -0.3 is 0 Å². The molecule has 0 aromatic heterocycles. The third-order valence-electron chi connectivity index (χ3n) is 4.63. The van der Waals surface area contributed by atoms with E-state index in [1.165, 1.54) is 0 Å². The van der Waals surface area contributed by atoms with Crippen molar-refractivity contribution in [3.8, 4) is 0 Å². The van der Waals surface area contributed by atoms with Gasteiger partial charge in [-0.3, -0.25) is 0 Å². The van der Waals surface area contributed by atoms with Crippen molar-refractivity contribution < 1.29 is 0 Å². The molecule has 0 nitrogen and oxygen atoms in total. The fourth-order valence-electron chi connectivity index (χ4n) is 3.83. The maximum atomic E-state index is 2.44. The highest BCUT2D eigenvalue weighted by atomic mass is 14.9. The fourth-order valence-corrected chi connectivity index (χ4v) is 3.83. The summed E-state index contributed by atoms with van der Waals surface area (Å²) in [7, 11) is 0. The quantitative estimate of drug-likeness (QED) is 0.447. The molecule has 0 saturated heterocycles. The molecule has 0 bridgehead atoms. The molecule has 0 aromatic rings. The van der Waals surface area contributed by atoms with Crippen LogP contribution in [0.15, 0.2) is 11.1 Å². The zero-order valence-electron chi connectivity index (χ0n) is 7.15. The Kier molecular flexibility index (Phi) is 0.502. The Morgan fingerprint density at radius 1 is 1.10 bits per heavy atom. The largest absolute Gasteiger partial charge is 0.0601 e. The second-order valence-electron chi connectivity index (χ2n) is 4.92. The first-order valence-electron chi connectivity index (χ1n) is 4.28. The van der Waals surface area contributed by atoms with Gasteiger partial charge in [-0.2, -0.15) is 0 Å². The van der Waals surface area contributed by atoms with E-state index in [1.807, 2.05) is 5.57 Å². The van der Waals surface area contributed by atoms with Crippen LogP contribution in [-0.2, 0) is 0 Å². The Morgan fingerprint density at radius 3 is 1.80 bits per heavy atom. The molecule has 3 aliphatic rings. The lowest BCUT2D eigenvalue weighted by molar-refractivity contribution is 0.263. The average molecular weight is 134 g/mol. The smallest absolute Gasteiger partial charge is 0.00497 e. The molecule has 0 N–H and O–H groups in total. The normalized spacial score (nSPS) is 58.8. The standard InChI is InChI=1S/C10H14/c1-5-6-8-7(5)10(8,4)9(6,2)3/h5,7H,1-4H3. The maximum Gasteiger partial charge on any atom is 0.00497 e. The van der Waals surface area contributed by atoms with Crippen molar-refractivity contribution in [3.05, 3.63) is 11.1 Å². The van der Waals surface area contributed by atoms with Crippen LogP contribution in [-0.4, -0.2) is 0 Å². The van der Waals surface area contributed by atoms with Crippen LogP contribution in [0.2, 0.25) is 0 Å². The molecule has 0 aliphatic heterocycles. The van der Waals surface area contributed by atoms with E-state index in [1.54, 1.807) is 5.57 Å². The van der Waals surface area contributed by atoms with Crippen LogP contribution in [0.4, 0.5) is 0 Å². The summed E-state index contributed by atoms with van der Waals surface area (Å²) in [6.07, 6.45) is 0. The van der Waals surface area contributed by atoms with Crippen molar-refractivity contribution in [1.29, 1.82) is 0 Å². The topological polar surface area (TPSA) is 0 Å². The van der Waals surface area contributed by atoms with Crippen LogP contribution in [0.25, 0.3) is 0 Å². The van der Waals surface area contributed by atoms with Crippen LogP contribution in [0.1, 0.15) is 27.7 Å². The van der Waals surface area contributed by atoms with Crippen molar-refractivity contribution >= 4 is 0 Å². The van der Waals surface area contributed by atoms with Gasteiger partial charge in [0.15, 0.2) is 0 Å². The zero-order valence-corrected chi connectivity index (χ0v) is 7.15. The van der Waals surface area contributed by atoms with Gasteiger partial charge in [-0.05, 0) is 17.3 Å². The molecule has 0 spiro atoms. The van der Waals surface area contributed by atoms with Gasteiger partial charge in [-0.1, -0.05) is 38.8 Å². The summed E-state index contributed by atoms with van der Waals surface area (Å²) in [5.41, 5.74) is 4.89. The number of hydrogen-bond donors (Lipinski definition) is 0. The third-order valence-corrected chi connectivity index (χ3v) is 4.63. The summed E-state index contributed by atoms with van der Waals surface area (Å²) in [5.74, 6) is 1.95. The molecule has 10 heavy (non-hydrogen) atoms. The highest BCUT2D eigenvalue weighted by Crippen LogP contribution is 2.91. The summed E-state index contributed by atoms with van der Waals surface area (Å²) >= 11 is 0. The highest BCUT2D eigenvalue weighted by molar-refractivity contribution is 5.68. The Bertz CT molecular complexity index is 267. The number of hydrogen-bond acceptors (Lipinski definition) is 0. The molecule has 1 saturated carbocycles. The van der Waals surface area contributed by atoms with Crippen LogP contribution in [0.3, 0.4) is 0 Å². The van der Waals surface area contributed by atoms with Crippen molar-refractivity contribution in [1.82, 2.24) is 0 Å². The van der Waals surface area contributed by atoms with Crippen molar-refractivity contribution in [2.45, 2.75) is 27.7 Å². The van der Waals surface area contributed by atoms with E-state index in [4.69, 9.17) is 0 Å². The lowest BCUT2D eigenvalue weighted by Gasteiger charge is -2.41. The van der Waals surface area contributed by atoms with Crippen LogP contribution in [0.5, 0.6) is 0 Å². The van der Waals surface area contributed by atoms with Gasteiger partial charge in [-0.25, -0.2) is 0 Å². The van der Waals surface area contributed by atoms with E-state index < -0.39 is 0 Å². The van der Waals surface area contributed by atoms with E-state index in [0.29, 0.717) is 10.8 Å². The molecule has 3 atom stereocenters. The number of rotatable bonds is 0. The van der Waals surface area contributed by atoms with Gasteiger partial charge in [0.1, 0.15) is 0 Å². The minimum Gasteiger partial charge on any atom is -0.0601 e. The van der Waals surface area contributed by atoms with Crippen LogP contribution >= 0.6 is 0 Å². The first-order valence-corrected chi connectivity index (χ1v) is 4.28. The lowest BCUT2D eigenvalue weighted by Crippen LogP contribution is -2.32. The minimum absolute atomic E-state index is 0.576. The maximum absolute atomic E-state index is 2.44. The van der Waals surface area contributed by atoms with E-state index in [-0.39, 0.29) is 0 Å². The molecule has 0 aromatic carbocycles. The zero-order chi connectivity index (χ0) is 7.31. The Hall–Kier alpha value is -0.260. The predicted molar refractivity (Wildman–Crippen MR) is 41.6 cm³/mol. The van der Waals surface area contributed by atoms with Gasteiger partial charge in [0.25, 0.3) is 0 Å². The second-order valence-corrected chi connectivity index (χ2v) is 4.92. The predicted octanol–water partition coefficient (Wildman–Crippen LogP) is 2.61. The molecule has 0 heterocycles. The summed E-state index contributed by atoms with van der Waals surface area (Å²) in [4.78, 5) is 0. The van der Waals surface area contributed by atoms with Crippen LogP contribution < -0.4 is 0 Å². The second kappa shape index (κ2) is 0.929. The molecule has 54 valence electrons. The number of allylic oxidation sites excluding steroid dienone is 2. The molecule has 1 fully saturated rings. The van der Waals surface area contributed by atoms with Crippen molar-refractivity contribution in [2.75, 3.05) is 0 Å². The van der Waals surface area contributed by atoms with Gasteiger partial charge in [0.2, 0.25) is 0 Å². The molecular weight excluding hydrogens is 120 g/mol. The third kappa shape index (κ3) is 0.212. The summed E-state index contributed by atoms with van der Waals surface area (Å²) < 4.78 is 0. The minimum atomic E-state index is 0.576. The highest BCUT2D eigenvalue weighted by Gasteiger charge is 2.83. The Morgan fingerprint density at radius 2 is 1.70 bits per heavy atom. The van der Waals surface area contributed by atoms with Crippen LogP contribution in [0, 0.1) is 22.7 Å². The summed E-state index contributed by atoms with van der Waals surface area (Å²) in [6, 6.07) is 0. The Balaban J connectivity index is 2.22. The summed E-state index contributed by atoms with van der Waals surface area (Å²) in [5, 5.41) is 0. The van der Waals surface area contributed by atoms with Crippen molar-refractivity contribution in [3.63, 3.8) is 0 Å². The molecule has 3 aliphatic carbocycles. The van der Waals surface area contributed by atoms with Gasteiger partial charge in [0, 0.05) is 5.41 Å². The molecule has 0 amide bonds. The average Bonchev–Trinajstić information content (AvgIpc) is 2.22. The molecule has 3 unspecified atom stereocenters. The molecule has 0 heteroatoms. The van der Waals surface area contributed by atoms with E-state index in [2.05, 4.69) is 27.7 Å². The SMILES string of the molecule is CC1C2=C3C1C3(C)C2(C)C. The Labute approximate surface area is 62.3 Å². The van der Waals surface area contributed by atoms with Crippen molar-refractivity contribution in [2.24, 2.45) is 22.7 Å². The monoisotopic (exact) mass is 134 g/mol. The first kappa shape index (κ1) is 5.40. The van der Waals surface area contributed by atoms with Gasteiger partial charge in [0.05, 0.1) is 0 Å². The summed E-state index contributed by atoms with van der Waals surface area (Å²) in [6.45, 7) is 9.66. The van der Waals surface area contributed by atoms with E-state index in [0.717, 1.165) is 11.8 Å². The molecular formula is C10H14. The first-order chi connectivity index (χ1) is 4.53.